The predicted octanol–water partition coefficient (Wildman–Crippen LogP) is 2.06. The van der Waals surface area contributed by atoms with Crippen molar-refractivity contribution in [2.45, 2.75) is 53.1 Å². The molecule has 0 aromatic rings. The summed E-state index contributed by atoms with van der Waals surface area (Å²) in [4.78, 5) is 22.7. The minimum absolute atomic E-state index is 0.0229. The molecule has 0 radical (unpaired) electrons. The van der Waals surface area contributed by atoms with E-state index < -0.39 is 11.7 Å². The summed E-state index contributed by atoms with van der Waals surface area (Å²) in [6.45, 7) is 10.7. The summed E-state index contributed by atoms with van der Waals surface area (Å²) in [7, 11) is 0. The molecular formula is C13H26N2O3. The van der Waals surface area contributed by atoms with Crippen molar-refractivity contribution in [2.75, 3.05) is 13.1 Å². The molecule has 0 fully saturated rings. The minimum atomic E-state index is -0.487. The molecule has 0 rings (SSSR count). The lowest BCUT2D eigenvalue weighted by Gasteiger charge is -2.19. The number of amides is 2. The van der Waals surface area contributed by atoms with Crippen LogP contribution in [0.1, 0.15) is 47.5 Å². The summed E-state index contributed by atoms with van der Waals surface area (Å²) < 4.78 is 5.07. The largest absolute Gasteiger partial charge is 0.444 e. The molecule has 2 amide bonds. The minimum Gasteiger partial charge on any atom is -0.444 e. The number of ether oxygens (including phenoxy) is 1. The molecule has 0 aromatic heterocycles. The second-order valence-corrected chi connectivity index (χ2v) is 5.73. The van der Waals surface area contributed by atoms with Gasteiger partial charge in [-0.3, -0.25) is 4.79 Å². The Morgan fingerprint density at radius 3 is 2.28 bits per heavy atom. The Kier molecular flexibility index (Phi) is 7.39. The molecule has 0 aliphatic carbocycles. The third kappa shape index (κ3) is 11.2. The van der Waals surface area contributed by atoms with Gasteiger partial charge in [-0.05, 0) is 33.1 Å². The van der Waals surface area contributed by atoms with E-state index in [0.29, 0.717) is 31.8 Å². The highest BCUT2D eigenvalue weighted by Gasteiger charge is 2.15. The zero-order chi connectivity index (χ0) is 14.2. The average Bonchev–Trinajstić information content (AvgIpc) is 2.19. The van der Waals surface area contributed by atoms with E-state index in [2.05, 4.69) is 10.6 Å². The van der Waals surface area contributed by atoms with E-state index in [1.807, 2.05) is 34.6 Å². The summed E-state index contributed by atoms with van der Waals surface area (Å²) in [5, 5.41) is 5.44. The molecule has 106 valence electrons. The predicted molar refractivity (Wildman–Crippen MR) is 71.3 cm³/mol. The molecule has 0 unspecified atom stereocenters. The van der Waals surface area contributed by atoms with Gasteiger partial charge in [0.05, 0.1) is 0 Å². The Balaban J connectivity index is 3.56. The van der Waals surface area contributed by atoms with Gasteiger partial charge in [0.1, 0.15) is 5.60 Å². The molecule has 0 heterocycles. The maximum absolute atomic E-state index is 11.4. The highest BCUT2D eigenvalue weighted by atomic mass is 16.6. The Morgan fingerprint density at radius 2 is 1.78 bits per heavy atom. The zero-order valence-corrected chi connectivity index (χ0v) is 12.1. The van der Waals surface area contributed by atoms with Gasteiger partial charge >= 0.3 is 6.09 Å². The van der Waals surface area contributed by atoms with Gasteiger partial charge in [-0.25, -0.2) is 4.79 Å². The fraction of sp³-hybridized carbons (Fsp3) is 0.846. The summed E-state index contributed by atoms with van der Waals surface area (Å²) in [5.74, 6) is 0.475. The van der Waals surface area contributed by atoms with Gasteiger partial charge < -0.3 is 15.4 Å². The summed E-state index contributed by atoms with van der Waals surface area (Å²) >= 11 is 0. The van der Waals surface area contributed by atoms with Crippen molar-refractivity contribution < 1.29 is 14.3 Å². The second-order valence-electron chi connectivity index (χ2n) is 5.73. The lowest BCUT2D eigenvalue weighted by Crippen LogP contribution is -2.33. The van der Waals surface area contributed by atoms with E-state index in [9.17, 15) is 9.59 Å². The molecule has 0 aliphatic heterocycles. The molecule has 0 saturated carbocycles. The van der Waals surface area contributed by atoms with E-state index in [1.165, 1.54) is 0 Å². The highest BCUT2D eigenvalue weighted by Crippen LogP contribution is 2.06. The Labute approximate surface area is 110 Å². The lowest BCUT2D eigenvalue weighted by molar-refractivity contribution is -0.121. The van der Waals surface area contributed by atoms with Crippen molar-refractivity contribution in [3.05, 3.63) is 0 Å². The Bertz CT molecular complexity index is 270. The standard InChI is InChI=1S/C13H26N2O3/c1-10(2)9-15-11(16)7-6-8-14-12(17)18-13(3,4)5/h10H,6-9H2,1-5H3,(H,14,17)(H,15,16). The van der Waals surface area contributed by atoms with Gasteiger partial charge in [-0.15, -0.1) is 0 Å². The quantitative estimate of drug-likeness (QED) is 0.717. The fourth-order valence-corrected chi connectivity index (χ4v) is 1.16. The average molecular weight is 258 g/mol. The maximum atomic E-state index is 11.4. The van der Waals surface area contributed by atoms with Gasteiger partial charge in [0, 0.05) is 19.5 Å². The van der Waals surface area contributed by atoms with Crippen LogP contribution in [0.3, 0.4) is 0 Å². The van der Waals surface area contributed by atoms with E-state index in [1.54, 1.807) is 0 Å². The molecular weight excluding hydrogens is 232 g/mol. The van der Waals surface area contributed by atoms with Gasteiger partial charge in [0.15, 0.2) is 0 Å². The third-order valence-electron chi connectivity index (χ3n) is 1.96. The van der Waals surface area contributed by atoms with Crippen molar-refractivity contribution in [1.82, 2.24) is 10.6 Å². The maximum Gasteiger partial charge on any atom is 0.407 e. The monoisotopic (exact) mass is 258 g/mol. The smallest absolute Gasteiger partial charge is 0.407 e. The number of carbonyl (C=O) groups is 2. The fourth-order valence-electron chi connectivity index (χ4n) is 1.16. The first kappa shape index (κ1) is 16.7. The van der Waals surface area contributed by atoms with E-state index in [4.69, 9.17) is 4.74 Å². The molecule has 0 aliphatic rings. The Morgan fingerprint density at radius 1 is 1.17 bits per heavy atom. The molecule has 0 atom stereocenters. The molecule has 0 aromatic carbocycles. The van der Waals surface area contributed by atoms with Crippen molar-refractivity contribution in [2.24, 2.45) is 5.92 Å². The molecule has 5 nitrogen and oxygen atoms in total. The SMILES string of the molecule is CC(C)CNC(=O)CCCNC(=O)OC(C)(C)C. The first-order valence-electron chi connectivity index (χ1n) is 6.44. The van der Waals surface area contributed by atoms with Crippen LogP contribution in [0.4, 0.5) is 4.79 Å². The van der Waals surface area contributed by atoms with Crippen molar-refractivity contribution in [3.8, 4) is 0 Å². The number of rotatable bonds is 6. The topological polar surface area (TPSA) is 67.4 Å². The number of carbonyl (C=O) groups excluding carboxylic acids is 2. The molecule has 5 heteroatoms. The van der Waals surface area contributed by atoms with Crippen molar-refractivity contribution >= 4 is 12.0 Å². The van der Waals surface area contributed by atoms with Crippen LogP contribution < -0.4 is 10.6 Å². The number of hydrogen-bond acceptors (Lipinski definition) is 3. The number of hydrogen-bond donors (Lipinski definition) is 2. The number of alkyl carbamates (subject to hydrolysis) is 1. The summed E-state index contributed by atoms with van der Waals surface area (Å²) in [6.07, 6.45) is 0.594. The number of nitrogens with one attached hydrogen (secondary N) is 2. The van der Waals surface area contributed by atoms with Gasteiger partial charge in [0.25, 0.3) is 0 Å². The molecule has 2 N–H and O–H groups in total. The highest BCUT2D eigenvalue weighted by molar-refractivity contribution is 5.75. The normalized spacial score (nSPS) is 11.2. The van der Waals surface area contributed by atoms with Crippen LogP contribution in [0, 0.1) is 5.92 Å². The lowest BCUT2D eigenvalue weighted by atomic mass is 10.2. The van der Waals surface area contributed by atoms with Crippen LogP contribution in [0.25, 0.3) is 0 Å². The van der Waals surface area contributed by atoms with Crippen LogP contribution >= 0.6 is 0 Å². The summed E-state index contributed by atoms with van der Waals surface area (Å²) in [5.41, 5.74) is -0.487. The van der Waals surface area contributed by atoms with E-state index >= 15 is 0 Å². The third-order valence-corrected chi connectivity index (χ3v) is 1.96. The van der Waals surface area contributed by atoms with Crippen LogP contribution in [0.5, 0.6) is 0 Å². The van der Waals surface area contributed by atoms with Crippen LogP contribution in [0.2, 0.25) is 0 Å². The second kappa shape index (κ2) is 7.95. The zero-order valence-electron chi connectivity index (χ0n) is 12.1. The van der Waals surface area contributed by atoms with E-state index in [0.717, 1.165) is 0 Å². The summed E-state index contributed by atoms with van der Waals surface area (Å²) in [6, 6.07) is 0. The van der Waals surface area contributed by atoms with Gasteiger partial charge in [-0.1, -0.05) is 13.8 Å². The first-order chi connectivity index (χ1) is 8.20. The van der Waals surface area contributed by atoms with Crippen LogP contribution in [-0.2, 0) is 9.53 Å². The molecule has 18 heavy (non-hydrogen) atoms. The Hall–Kier alpha value is -1.26. The van der Waals surface area contributed by atoms with E-state index in [-0.39, 0.29) is 5.91 Å². The first-order valence-corrected chi connectivity index (χ1v) is 6.44. The van der Waals surface area contributed by atoms with Gasteiger partial charge in [0.2, 0.25) is 5.91 Å². The van der Waals surface area contributed by atoms with Crippen molar-refractivity contribution in [3.63, 3.8) is 0 Å². The van der Waals surface area contributed by atoms with Gasteiger partial charge in [-0.2, -0.15) is 0 Å². The van der Waals surface area contributed by atoms with Crippen molar-refractivity contribution in [1.29, 1.82) is 0 Å². The van der Waals surface area contributed by atoms with Crippen LogP contribution in [0.15, 0.2) is 0 Å². The molecule has 0 spiro atoms. The molecule has 0 saturated heterocycles. The van der Waals surface area contributed by atoms with Crippen LogP contribution in [-0.4, -0.2) is 30.7 Å². The molecule has 0 bridgehead atoms.